The molecule has 0 aromatic heterocycles. The molecule has 3 atom stereocenters. The van der Waals surface area contributed by atoms with E-state index in [2.05, 4.69) is 10.9 Å². The van der Waals surface area contributed by atoms with Crippen LogP contribution in [0.1, 0.15) is 64.2 Å². The van der Waals surface area contributed by atoms with Crippen LogP contribution in [-0.4, -0.2) is 46.6 Å². The van der Waals surface area contributed by atoms with E-state index in [0.29, 0.717) is 23.5 Å². The molecule has 6 aliphatic rings. The van der Waals surface area contributed by atoms with Crippen molar-refractivity contribution in [3.05, 3.63) is 0 Å². The molecule has 6 rings (SSSR count). The molecule has 1 heterocycles. The third-order valence-corrected chi connectivity index (χ3v) is 9.28. The minimum atomic E-state index is -0.878. The van der Waals surface area contributed by atoms with Crippen molar-refractivity contribution in [1.29, 1.82) is 0 Å². The van der Waals surface area contributed by atoms with Gasteiger partial charge in [0, 0.05) is 5.75 Å². The first-order valence-corrected chi connectivity index (χ1v) is 13.3. The number of likely N-dealkylation sites (tertiary alicyclic amines) is 1. The number of carbonyl (C=O) groups excluding carboxylic acids is 4. The highest BCUT2D eigenvalue weighted by molar-refractivity contribution is 7.98. The predicted molar refractivity (Wildman–Crippen MR) is 116 cm³/mol. The summed E-state index contributed by atoms with van der Waals surface area (Å²) in [6.07, 6.45) is 11.7. The van der Waals surface area contributed by atoms with Gasteiger partial charge in [-0.25, -0.2) is 0 Å². The Morgan fingerprint density at radius 3 is 1.97 bits per heavy atom. The number of rotatable bonds is 5. The minimum Gasteiger partial charge on any atom is -0.274 e. The van der Waals surface area contributed by atoms with E-state index in [0.717, 1.165) is 44.9 Å². The predicted octanol–water partition coefficient (Wildman–Crippen LogP) is 2.26. The van der Waals surface area contributed by atoms with Crippen LogP contribution in [0.4, 0.5) is 0 Å². The van der Waals surface area contributed by atoms with Crippen LogP contribution in [0.25, 0.3) is 0 Å². The van der Waals surface area contributed by atoms with E-state index in [9.17, 15) is 19.2 Å². The lowest BCUT2D eigenvalue weighted by molar-refractivity contribution is -0.151. The molecule has 0 aromatic carbocycles. The van der Waals surface area contributed by atoms with Gasteiger partial charge in [-0.15, -0.1) is 0 Å². The third kappa shape index (κ3) is 3.58. The molecule has 2 N–H and O–H groups in total. The van der Waals surface area contributed by atoms with E-state index in [1.165, 1.54) is 35.9 Å². The first-order chi connectivity index (χ1) is 14.9. The molecule has 4 amide bonds. The van der Waals surface area contributed by atoms with Crippen LogP contribution in [0.5, 0.6) is 0 Å². The van der Waals surface area contributed by atoms with Gasteiger partial charge in [0.2, 0.25) is 17.7 Å². The molecule has 7 nitrogen and oxygen atoms in total. The number of nitrogens with zero attached hydrogens (tertiary/aromatic N) is 1. The van der Waals surface area contributed by atoms with Crippen LogP contribution in [0, 0.1) is 35.0 Å². The number of thioether (sulfide) groups is 1. The monoisotopic (exact) mass is 447 g/mol. The number of amides is 4. The highest BCUT2D eigenvalue weighted by Crippen LogP contribution is 2.60. The van der Waals surface area contributed by atoms with Crippen LogP contribution in [-0.2, 0) is 19.2 Å². The van der Waals surface area contributed by atoms with Crippen molar-refractivity contribution in [3.63, 3.8) is 0 Å². The minimum absolute atomic E-state index is 0.0874. The van der Waals surface area contributed by atoms with Gasteiger partial charge < -0.3 is 0 Å². The van der Waals surface area contributed by atoms with Crippen molar-refractivity contribution in [1.82, 2.24) is 15.8 Å². The summed E-state index contributed by atoms with van der Waals surface area (Å²) in [7, 11) is 0. The van der Waals surface area contributed by atoms with Crippen LogP contribution in [0.15, 0.2) is 0 Å². The maximum absolute atomic E-state index is 13.2. The Balaban J connectivity index is 1.26. The summed E-state index contributed by atoms with van der Waals surface area (Å²) in [5, 5.41) is 0. The van der Waals surface area contributed by atoms with E-state index in [4.69, 9.17) is 0 Å². The fourth-order valence-electron chi connectivity index (χ4n) is 7.64. The molecular weight excluding hydrogens is 414 g/mol. The summed E-state index contributed by atoms with van der Waals surface area (Å²) in [5.41, 5.74) is 4.94. The molecule has 4 bridgehead atoms. The highest BCUT2D eigenvalue weighted by Gasteiger charge is 2.55. The number of hydrazine groups is 1. The summed E-state index contributed by atoms with van der Waals surface area (Å²) in [4.78, 5) is 53.4. The van der Waals surface area contributed by atoms with Gasteiger partial charge in [0.05, 0.1) is 17.3 Å². The highest BCUT2D eigenvalue weighted by atomic mass is 32.2. The van der Waals surface area contributed by atoms with Crippen molar-refractivity contribution in [2.75, 3.05) is 12.0 Å². The second-order valence-corrected chi connectivity index (χ2v) is 11.6. The van der Waals surface area contributed by atoms with Gasteiger partial charge in [0.15, 0.2) is 0 Å². The summed E-state index contributed by atoms with van der Waals surface area (Å²) >= 11 is 1.42. The topological polar surface area (TPSA) is 95.6 Å². The van der Waals surface area contributed by atoms with Gasteiger partial charge in [-0.1, -0.05) is 12.8 Å². The number of hydrogen-bond acceptors (Lipinski definition) is 5. The summed E-state index contributed by atoms with van der Waals surface area (Å²) < 4.78 is 0. The Kier molecular flexibility index (Phi) is 5.55. The van der Waals surface area contributed by atoms with Gasteiger partial charge in [-0.3, -0.25) is 34.9 Å². The van der Waals surface area contributed by atoms with Gasteiger partial charge in [-0.05, 0) is 75.4 Å². The first-order valence-electron chi connectivity index (χ1n) is 11.9. The third-order valence-electron chi connectivity index (χ3n) is 8.63. The molecule has 5 saturated carbocycles. The molecule has 0 radical (unpaired) electrons. The molecule has 0 aromatic rings. The zero-order valence-electron chi connectivity index (χ0n) is 18.2. The Morgan fingerprint density at radius 2 is 1.48 bits per heavy atom. The molecule has 0 spiro atoms. The molecule has 8 heteroatoms. The van der Waals surface area contributed by atoms with Crippen molar-refractivity contribution in [2.45, 2.75) is 70.3 Å². The molecule has 1 aliphatic heterocycles. The Hall–Kier alpha value is -1.57. The van der Waals surface area contributed by atoms with E-state index < -0.39 is 11.9 Å². The number of fused-ring (bicyclic) bond motifs is 1. The second kappa shape index (κ2) is 8.09. The number of hydrogen-bond donors (Lipinski definition) is 2. The van der Waals surface area contributed by atoms with Crippen LogP contribution >= 0.6 is 11.8 Å². The van der Waals surface area contributed by atoms with E-state index in [1.807, 2.05) is 6.26 Å². The number of nitrogens with one attached hydrogen (secondary N) is 2. The summed E-state index contributed by atoms with van der Waals surface area (Å²) in [6, 6.07) is -0.878. The quantitative estimate of drug-likeness (QED) is 0.498. The Labute approximate surface area is 187 Å². The molecule has 6 fully saturated rings. The molecule has 1 saturated heterocycles. The van der Waals surface area contributed by atoms with Crippen molar-refractivity contribution < 1.29 is 19.2 Å². The van der Waals surface area contributed by atoms with Crippen molar-refractivity contribution in [3.8, 4) is 0 Å². The lowest BCUT2D eigenvalue weighted by Crippen LogP contribution is -2.60. The largest absolute Gasteiger partial charge is 0.274 e. The molecule has 5 aliphatic carbocycles. The number of imide groups is 1. The maximum Gasteiger partial charge on any atom is 0.262 e. The average Bonchev–Trinajstić information content (AvgIpc) is 2.99. The van der Waals surface area contributed by atoms with Gasteiger partial charge in [0.1, 0.15) is 6.04 Å². The van der Waals surface area contributed by atoms with Crippen LogP contribution in [0.2, 0.25) is 0 Å². The van der Waals surface area contributed by atoms with Gasteiger partial charge >= 0.3 is 0 Å². The van der Waals surface area contributed by atoms with Crippen LogP contribution in [0.3, 0.4) is 0 Å². The Bertz CT molecular complexity index is 740. The zero-order valence-corrected chi connectivity index (χ0v) is 19.0. The van der Waals surface area contributed by atoms with E-state index >= 15 is 0 Å². The van der Waals surface area contributed by atoms with Crippen LogP contribution < -0.4 is 10.9 Å². The average molecular weight is 448 g/mol. The molecule has 31 heavy (non-hydrogen) atoms. The van der Waals surface area contributed by atoms with Crippen molar-refractivity contribution >= 4 is 35.4 Å². The number of carbonyl (C=O) groups is 4. The standard InChI is InChI=1S/C23H33N3O4S/c1-31-12-18(26-20(28)16-4-2-3-5-17(16)21(26)29)19(27)24-25-22(30)23-9-13-6-14(10-23)8-15(7-13)11-23/h13-18H,2-12H2,1H3,(H,24,27)(H,25,30)/t13?,14?,15?,16-,17-,18+,23?/m0/s1. The molecule has 170 valence electrons. The van der Waals surface area contributed by atoms with Gasteiger partial charge in [0.25, 0.3) is 5.91 Å². The first kappa shape index (κ1) is 21.3. The lowest BCUT2D eigenvalue weighted by atomic mass is 9.49. The van der Waals surface area contributed by atoms with E-state index in [-0.39, 0.29) is 35.0 Å². The fraction of sp³-hybridized carbons (Fsp3) is 0.826. The smallest absolute Gasteiger partial charge is 0.262 e. The SMILES string of the molecule is CSC[C@H](C(=O)NNC(=O)C12CC3CC(CC(C3)C1)C2)N1C(=O)[C@H]2CCCC[C@@H]2C1=O. The molecular formula is C23H33N3O4S. The van der Waals surface area contributed by atoms with E-state index in [1.54, 1.807) is 0 Å². The fourth-order valence-corrected chi connectivity index (χ4v) is 8.26. The van der Waals surface area contributed by atoms with Crippen molar-refractivity contribution in [2.24, 2.45) is 35.0 Å². The lowest BCUT2D eigenvalue weighted by Gasteiger charge is -2.55. The summed E-state index contributed by atoms with van der Waals surface area (Å²) in [5.74, 6) is 0.715. The molecule has 0 unspecified atom stereocenters. The normalized spacial score (nSPS) is 39.4. The zero-order chi connectivity index (χ0) is 21.8. The second-order valence-electron chi connectivity index (χ2n) is 10.7. The Morgan fingerprint density at radius 1 is 0.968 bits per heavy atom. The maximum atomic E-state index is 13.2. The summed E-state index contributed by atoms with van der Waals surface area (Å²) in [6.45, 7) is 0. The van der Waals surface area contributed by atoms with Gasteiger partial charge in [-0.2, -0.15) is 11.8 Å².